The van der Waals surface area contributed by atoms with Crippen molar-refractivity contribution in [3.05, 3.63) is 59.5 Å². The average molecular weight is 292 g/mol. The highest BCUT2D eigenvalue weighted by Gasteiger charge is 2.31. The number of carbonyl (C=O) groups excluding carboxylic acids is 1. The van der Waals surface area contributed by atoms with Gasteiger partial charge in [-0.05, 0) is 43.2 Å². The number of aryl methyl sites for hydroxylation is 1. The van der Waals surface area contributed by atoms with Gasteiger partial charge in [-0.2, -0.15) is 0 Å². The molecule has 0 fully saturated rings. The van der Waals surface area contributed by atoms with Crippen LogP contribution in [0.15, 0.2) is 46.9 Å². The van der Waals surface area contributed by atoms with Crippen LogP contribution in [0.5, 0.6) is 0 Å². The zero-order chi connectivity index (χ0) is 15.3. The molecule has 0 N–H and O–H groups in total. The zero-order valence-electron chi connectivity index (χ0n) is 12.5. The molecule has 2 aromatic carbocycles. The quantitative estimate of drug-likeness (QED) is 0.686. The first-order valence-electron chi connectivity index (χ1n) is 7.42. The lowest BCUT2D eigenvalue weighted by molar-refractivity contribution is 0.0981. The Balaban J connectivity index is 1.76. The van der Waals surface area contributed by atoms with Gasteiger partial charge in [-0.1, -0.05) is 18.2 Å². The van der Waals surface area contributed by atoms with E-state index in [0.29, 0.717) is 17.0 Å². The maximum atomic E-state index is 12.9. The highest BCUT2D eigenvalue weighted by Crippen LogP contribution is 2.33. The monoisotopic (exact) mass is 292 g/mol. The van der Waals surface area contributed by atoms with Crippen LogP contribution >= 0.6 is 0 Å². The normalized spacial score (nSPS) is 17.0. The summed E-state index contributed by atoms with van der Waals surface area (Å²) >= 11 is 0. The van der Waals surface area contributed by atoms with Crippen molar-refractivity contribution < 1.29 is 9.21 Å². The number of nitrogens with zero attached hydrogens (tertiary/aromatic N) is 2. The first-order valence-corrected chi connectivity index (χ1v) is 7.42. The van der Waals surface area contributed by atoms with Crippen LogP contribution in [-0.2, 0) is 6.42 Å². The second-order valence-corrected chi connectivity index (χ2v) is 5.77. The summed E-state index contributed by atoms with van der Waals surface area (Å²) < 4.78 is 5.47. The molecule has 110 valence electrons. The highest BCUT2D eigenvalue weighted by molar-refractivity contribution is 6.09. The van der Waals surface area contributed by atoms with Crippen LogP contribution in [-0.4, -0.2) is 16.9 Å². The number of hydrogen-bond acceptors (Lipinski definition) is 3. The Labute approximate surface area is 128 Å². The van der Waals surface area contributed by atoms with E-state index in [1.165, 1.54) is 5.56 Å². The summed E-state index contributed by atoms with van der Waals surface area (Å²) in [4.78, 5) is 19.1. The second-order valence-electron chi connectivity index (χ2n) is 5.77. The van der Waals surface area contributed by atoms with E-state index in [9.17, 15) is 4.79 Å². The number of fused-ring (bicyclic) bond motifs is 2. The van der Waals surface area contributed by atoms with E-state index in [1.54, 1.807) is 6.92 Å². The Morgan fingerprint density at radius 3 is 2.95 bits per heavy atom. The van der Waals surface area contributed by atoms with Crippen molar-refractivity contribution in [2.45, 2.75) is 26.3 Å². The molecule has 1 aromatic heterocycles. The number of para-hydroxylation sites is 1. The molecular formula is C18H16N2O2. The molecule has 0 spiro atoms. The van der Waals surface area contributed by atoms with Gasteiger partial charge in [0.05, 0.1) is 0 Å². The third kappa shape index (κ3) is 1.91. The Morgan fingerprint density at radius 1 is 1.27 bits per heavy atom. The molecule has 0 aliphatic carbocycles. The molecule has 22 heavy (non-hydrogen) atoms. The van der Waals surface area contributed by atoms with Crippen LogP contribution in [0, 0.1) is 6.92 Å². The smallest absolute Gasteiger partial charge is 0.258 e. The van der Waals surface area contributed by atoms with E-state index in [4.69, 9.17) is 4.42 Å². The second kappa shape index (κ2) is 4.70. The number of aromatic nitrogens is 1. The molecule has 0 saturated heterocycles. The fraction of sp³-hybridized carbons (Fsp3) is 0.222. The molecule has 4 heteroatoms. The highest BCUT2D eigenvalue weighted by atomic mass is 16.3. The number of carbonyl (C=O) groups is 1. The molecule has 2 heterocycles. The van der Waals surface area contributed by atoms with Gasteiger partial charge in [-0.15, -0.1) is 0 Å². The summed E-state index contributed by atoms with van der Waals surface area (Å²) in [6.45, 7) is 3.89. The minimum atomic E-state index is 0.0139. The lowest BCUT2D eigenvalue weighted by atomic mass is 10.1. The van der Waals surface area contributed by atoms with Crippen LogP contribution in [0.25, 0.3) is 11.1 Å². The van der Waals surface area contributed by atoms with Gasteiger partial charge in [0.25, 0.3) is 5.91 Å². The van der Waals surface area contributed by atoms with Crippen LogP contribution in [0.1, 0.15) is 28.7 Å². The molecule has 0 bridgehead atoms. The van der Waals surface area contributed by atoms with Crippen molar-refractivity contribution in [2.24, 2.45) is 0 Å². The average Bonchev–Trinajstić information content (AvgIpc) is 3.03. The van der Waals surface area contributed by atoms with Crippen LogP contribution in [0.4, 0.5) is 5.69 Å². The van der Waals surface area contributed by atoms with Crippen molar-refractivity contribution >= 4 is 22.7 Å². The lowest BCUT2D eigenvalue weighted by Crippen LogP contribution is -2.35. The number of amides is 1. The third-order valence-electron chi connectivity index (χ3n) is 4.17. The molecule has 0 radical (unpaired) electrons. The Bertz CT molecular complexity index is 882. The van der Waals surface area contributed by atoms with Gasteiger partial charge >= 0.3 is 0 Å². The van der Waals surface area contributed by atoms with Crippen molar-refractivity contribution in [3.63, 3.8) is 0 Å². The fourth-order valence-electron chi connectivity index (χ4n) is 3.19. The van der Waals surface area contributed by atoms with Gasteiger partial charge in [0.1, 0.15) is 5.52 Å². The molecule has 1 aliphatic heterocycles. The molecule has 1 aliphatic rings. The minimum absolute atomic E-state index is 0.0139. The van der Waals surface area contributed by atoms with Crippen molar-refractivity contribution in [1.29, 1.82) is 0 Å². The van der Waals surface area contributed by atoms with E-state index < -0.39 is 0 Å². The number of hydrogen-bond donors (Lipinski definition) is 0. The maximum Gasteiger partial charge on any atom is 0.258 e. The number of oxazole rings is 1. The Morgan fingerprint density at radius 2 is 2.09 bits per heavy atom. The van der Waals surface area contributed by atoms with E-state index in [2.05, 4.69) is 18.0 Å². The molecule has 0 saturated carbocycles. The van der Waals surface area contributed by atoms with Crippen molar-refractivity contribution in [1.82, 2.24) is 4.98 Å². The number of benzene rings is 2. The van der Waals surface area contributed by atoms with Gasteiger partial charge in [-0.3, -0.25) is 4.79 Å². The fourth-order valence-corrected chi connectivity index (χ4v) is 3.19. The summed E-state index contributed by atoms with van der Waals surface area (Å²) in [7, 11) is 0. The van der Waals surface area contributed by atoms with E-state index >= 15 is 0 Å². The number of anilines is 1. The largest absolute Gasteiger partial charge is 0.441 e. The van der Waals surface area contributed by atoms with Crippen molar-refractivity contribution in [2.75, 3.05) is 4.90 Å². The van der Waals surface area contributed by atoms with E-state index in [-0.39, 0.29) is 11.9 Å². The molecular weight excluding hydrogens is 276 g/mol. The van der Waals surface area contributed by atoms with Gasteiger partial charge in [0, 0.05) is 24.2 Å². The van der Waals surface area contributed by atoms with Crippen LogP contribution in [0.3, 0.4) is 0 Å². The first-order chi connectivity index (χ1) is 10.6. The zero-order valence-corrected chi connectivity index (χ0v) is 12.5. The molecule has 3 aromatic rings. The van der Waals surface area contributed by atoms with Gasteiger partial charge in [0.2, 0.25) is 0 Å². The summed E-state index contributed by atoms with van der Waals surface area (Å²) in [6, 6.07) is 13.7. The topological polar surface area (TPSA) is 46.3 Å². The summed E-state index contributed by atoms with van der Waals surface area (Å²) in [6.07, 6.45) is 0.896. The minimum Gasteiger partial charge on any atom is -0.441 e. The molecule has 4 nitrogen and oxygen atoms in total. The first kappa shape index (κ1) is 13.1. The predicted molar refractivity (Wildman–Crippen MR) is 85.2 cm³/mol. The summed E-state index contributed by atoms with van der Waals surface area (Å²) in [5, 5.41) is 0. The van der Waals surface area contributed by atoms with Crippen molar-refractivity contribution in [3.8, 4) is 0 Å². The van der Waals surface area contributed by atoms with E-state index in [1.807, 2.05) is 41.3 Å². The maximum absolute atomic E-state index is 12.9. The van der Waals surface area contributed by atoms with E-state index in [0.717, 1.165) is 17.6 Å². The summed E-state index contributed by atoms with van der Waals surface area (Å²) in [5.41, 5.74) is 4.31. The predicted octanol–water partition coefficient (Wildman–Crippen LogP) is 3.73. The lowest BCUT2D eigenvalue weighted by Gasteiger charge is -2.22. The third-order valence-corrected chi connectivity index (χ3v) is 4.17. The summed E-state index contributed by atoms with van der Waals surface area (Å²) in [5.74, 6) is 0.625. The standard InChI is InChI=1S/C18H16N2O2/c1-11-9-13-5-3-4-6-16(13)20(11)18(21)14-7-8-17-15(10-14)19-12(2)22-17/h3-8,10-11H,9H2,1-2H3. The van der Waals surface area contributed by atoms with Crippen LogP contribution < -0.4 is 4.90 Å². The molecule has 1 atom stereocenters. The Kier molecular flexibility index (Phi) is 2.79. The molecule has 4 rings (SSSR count). The Hall–Kier alpha value is -2.62. The van der Waals surface area contributed by atoms with Gasteiger partial charge in [-0.25, -0.2) is 4.98 Å². The van der Waals surface area contributed by atoms with Gasteiger partial charge < -0.3 is 9.32 Å². The molecule has 1 amide bonds. The van der Waals surface area contributed by atoms with Gasteiger partial charge in [0.15, 0.2) is 11.5 Å². The van der Waals surface area contributed by atoms with Crippen LogP contribution in [0.2, 0.25) is 0 Å². The molecule has 1 unspecified atom stereocenters. The number of rotatable bonds is 1. The SMILES string of the molecule is Cc1nc2cc(C(=O)N3c4ccccc4CC3C)ccc2o1.